The van der Waals surface area contributed by atoms with Crippen molar-refractivity contribution in [2.75, 3.05) is 26.4 Å². The number of esters is 1. The summed E-state index contributed by atoms with van der Waals surface area (Å²) in [7, 11) is -4.38. The summed E-state index contributed by atoms with van der Waals surface area (Å²) in [6.07, 6.45) is 25.0. The van der Waals surface area contributed by atoms with E-state index in [4.69, 9.17) is 13.8 Å². The van der Waals surface area contributed by atoms with Crippen LogP contribution in [0.3, 0.4) is 0 Å². The van der Waals surface area contributed by atoms with Gasteiger partial charge in [-0.2, -0.15) is 0 Å². The van der Waals surface area contributed by atoms with Crippen LogP contribution in [-0.2, 0) is 27.9 Å². The smallest absolute Gasteiger partial charge is 0.463 e. The number of hydrogen-bond acceptors (Lipinski definition) is 7. The number of phosphoric ester groups is 1. The standard InChI is InChI=1S/C31H60NO8P/c1-3-5-7-8-9-10-11-12-13-14-15-16-17-18-19-20-22-24-31(35)38-27-29(33)28-40-41(36,37)39-26-25-32-30(34)23-21-6-4-2/h12-13,29,33H,3-11,14-28H2,1-2H3,(H,32,34)(H,36,37)/b13-12-. The SMILES string of the molecule is CCCCCCCC/C=C\CCCCCCCCCC(=O)OCC(O)COP(=O)(O)OCCNC(=O)CCCCC. The van der Waals surface area contributed by atoms with Crippen LogP contribution in [0.25, 0.3) is 0 Å². The Kier molecular flexibility index (Phi) is 28.0. The highest BCUT2D eigenvalue weighted by Gasteiger charge is 2.23. The van der Waals surface area contributed by atoms with Crippen molar-refractivity contribution in [1.29, 1.82) is 0 Å². The third-order valence-electron chi connectivity index (χ3n) is 6.70. The van der Waals surface area contributed by atoms with Crippen LogP contribution in [0.4, 0.5) is 0 Å². The highest BCUT2D eigenvalue weighted by molar-refractivity contribution is 7.47. The van der Waals surface area contributed by atoms with Gasteiger partial charge in [0.05, 0.1) is 13.2 Å². The first-order chi connectivity index (χ1) is 19.8. The van der Waals surface area contributed by atoms with Crippen LogP contribution < -0.4 is 5.32 Å². The van der Waals surface area contributed by atoms with Crippen molar-refractivity contribution >= 4 is 19.7 Å². The van der Waals surface area contributed by atoms with E-state index in [1.165, 1.54) is 77.0 Å². The average Bonchev–Trinajstić information content (AvgIpc) is 2.95. The van der Waals surface area contributed by atoms with Crippen LogP contribution in [0.15, 0.2) is 12.2 Å². The Labute approximate surface area is 249 Å². The first kappa shape index (κ1) is 39.8. The number of phosphoric acid groups is 1. The van der Waals surface area contributed by atoms with Gasteiger partial charge in [-0.1, -0.05) is 103 Å². The zero-order valence-corrected chi connectivity index (χ0v) is 26.9. The number of ether oxygens (including phenoxy) is 1. The molecular weight excluding hydrogens is 545 g/mol. The molecule has 10 heteroatoms. The molecule has 0 fully saturated rings. The van der Waals surface area contributed by atoms with Gasteiger partial charge in [-0.05, 0) is 38.5 Å². The Morgan fingerprint density at radius 2 is 1.24 bits per heavy atom. The minimum Gasteiger partial charge on any atom is -0.463 e. The molecule has 0 aliphatic heterocycles. The van der Waals surface area contributed by atoms with Crippen molar-refractivity contribution < 1.29 is 37.9 Å². The molecule has 1 amide bonds. The third kappa shape index (κ3) is 30.0. The van der Waals surface area contributed by atoms with Crippen molar-refractivity contribution in [2.24, 2.45) is 0 Å². The minimum absolute atomic E-state index is 0.0794. The largest absolute Gasteiger partial charge is 0.472 e. The van der Waals surface area contributed by atoms with Gasteiger partial charge in [0.25, 0.3) is 0 Å². The molecule has 2 atom stereocenters. The van der Waals surface area contributed by atoms with E-state index in [1.807, 2.05) is 6.92 Å². The van der Waals surface area contributed by atoms with E-state index >= 15 is 0 Å². The van der Waals surface area contributed by atoms with Crippen molar-refractivity contribution in [3.8, 4) is 0 Å². The summed E-state index contributed by atoms with van der Waals surface area (Å²) in [6, 6.07) is 0. The van der Waals surface area contributed by atoms with Gasteiger partial charge in [0.1, 0.15) is 12.7 Å². The molecule has 0 radical (unpaired) electrons. The highest BCUT2D eigenvalue weighted by Crippen LogP contribution is 2.42. The van der Waals surface area contributed by atoms with Crippen LogP contribution in [0.5, 0.6) is 0 Å². The molecule has 0 heterocycles. The number of aliphatic hydroxyl groups is 1. The first-order valence-electron chi connectivity index (χ1n) is 16.2. The lowest BCUT2D eigenvalue weighted by Gasteiger charge is -2.15. The predicted octanol–water partition coefficient (Wildman–Crippen LogP) is 7.54. The molecule has 0 aliphatic carbocycles. The molecule has 242 valence electrons. The lowest BCUT2D eigenvalue weighted by Crippen LogP contribution is -2.27. The topological polar surface area (TPSA) is 131 Å². The van der Waals surface area contributed by atoms with Gasteiger partial charge in [-0.3, -0.25) is 18.6 Å². The Morgan fingerprint density at radius 3 is 1.85 bits per heavy atom. The van der Waals surface area contributed by atoms with E-state index in [-0.39, 0.29) is 32.1 Å². The zero-order valence-electron chi connectivity index (χ0n) is 26.0. The molecule has 0 saturated carbocycles. The van der Waals surface area contributed by atoms with E-state index in [0.29, 0.717) is 6.42 Å². The fraction of sp³-hybridized carbons (Fsp3) is 0.871. The Morgan fingerprint density at radius 1 is 0.732 bits per heavy atom. The average molecular weight is 606 g/mol. The molecule has 0 saturated heterocycles. The molecule has 2 unspecified atom stereocenters. The number of rotatable bonds is 30. The van der Waals surface area contributed by atoms with Gasteiger partial charge >= 0.3 is 13.8 Å². The summed E-state index contributed by atoms with van der Waals surface area (Å²) < 4.78 is 26.4. The maximum Gasteiger partial charge on any atom is 0.472 e. The molecular formula is C31H60NO8P. The molecule has 0 spiro atoms. The molecule has 3 N–H and O–H groups in total. The second-order valence-electron chi connectivity index (χ2n) is 10.8. The lowest BCUT2D eigenvalue weighted by molar-refractivity contribution is -0.147. The number of carbonyl (C=O) groups excluding carboxylic acids is 2. The van der Waals surface area contributed by atoms with Crippen molar-refractivity contribution in [3.63, 3.8) is 0 Å². The molecule has 41 heavy (non-hydrogen) atoms. The van der Waals surface area contributed by atoms with Crippen LogP contribution in [0.1, 0.15) is 142 Å². The number of nitrogens with one attached hydrogen (secondary N) is 1. The zero-order chi connectivity index (χ0) is 30.4. The van der Waals surface area contributed by atoms with E-state index in [1.54, 1.807) is 0 Å². The summed E-state index contributed by atoms with van der Waals surface area (Å²) in [5, 5.41) is 12.5. The predicted molar refractivity (Wildman–Crippen MR) is 165 cm³/mol. The molecule has 0 aromatic heterocycles. The summed E-state index contributed by atoms with van der Waals surface area (Å²) in [6.45, 7) is 3.35. The molecule has 0 aliphatic rings. The third-order valence-corrected chi connectivity index (χ3v) is 7.68. The lowest BCUT2D eigenvalue weighted by atomic mass is 10.1. The van der Waals surface area contributed by atoms with Gasteiger partial charge in [0.2, 0.25) is 5.91 Å². The summed E-state index contributed by atoms with van der Waals surface area (Å²) in [5.41, 5.74) is 0. The van der Waals surface area contributed by atoms with Crippen molar-refractivity contribution in [1.82, 2.24) is 5.32 Å². The highest BCUT2D eigenvalue weighted by atomic mass is 31.2. The van der Waals surface area contributed by atoms with E-state index in [9.17, 15) is 24.2 Å². The molecule has 0 aromatic rings. The second kappa shape index (κ2) is 28.9. The maximum atomic E-state index is 11.9. The maximum absolute atomic E-state index is 11.9. The molecule has 9 nitrogen and oxygen atoms in total. The molecule has 0 aromatic carbocycles. The summed E-state index contributed by atoms with van der Waals surface area (Å²) in [5.74, 6) is -0.546. The number of unbranched alkanes of at least 4 members (excludes halogenated alkanes) is 15. The number of hydrogen-bond donors (Lipinski definition) is 3. The van der Waals surface area contributed by atoms with Gasteiger partial charge in [-0.15, -0.1) is 0 Å². The Bertz CT molecular complexity index is 704. The first-order valence-corrected chi connectivity index (χ1v) is 17.7. The van der Waals surface area contributed by atoms with Gasteiger partial charge in [-0.25, -0.2) is 4.57 Å². The number of allylic oxidation sites excluding steroid dienone is 2. The van der Waals surface area contributed by atoms with Gasteiger partial charge < -0.3 is 20.1 Å². The minimum atomic E-state index is -4.38. The number of amides is 1. The quantitative estimate of drug-likeness (QED) is 0.0331. The Hall–Kier alpha value is -1.25. The Balaban J connectivity index is 3.59. The van der Waals surface area contributed by atoms with Crippen molar-refractivity contribution in [2.45, 2.75) is 148 Å². The van der Waals surface area contributed by atoms with Crippen LogP contribution in [0, 0.1) is 0 Å². The van der Waals surface area contributed by atoms with Gasteiger partial charge in [0.15, 0.2) is 0 Å². The van der Waals surface area contributed by atoms with Crippen LogP contribution in [0.2, 0.25) is 0 Å². The molecule has 0 bridgehead atoms. The number of aliphatic hydroxyl groups excluding tert-OH is 1. The fourth-order valence-corrected chi connectivity index (χ4v) is 4.95. The molecule has 0 rings (SSSR count). The summed E-state index contributed by atoms with van der Waals surface area (Å²) >= 11 is 0. The van der Waals surface area contributed by atoms with E-state index < -0.39 is 26.5 Å². The van der Waals surface area contributed by atoms with Crippen molar-refractivity contribution in [3.05, 3.63) is 12.2 Å². The number of carbonyl (C=O) groups is 2. The van der Waals surface area contributed by atoms with Crippen LogP contribution >= 0.6 is 7.82 Å². The van der Waals surface area contributed by atoms with E-state index in [0.717, 1.165) is 38.5 Å². The fourth-order valence-electron chi connectivity index (χ4n) is 4.20. The monoisotopic (exact) mass is 605 g/mol. The van der Waals surface area contributed by atoms with Gasteiger partial charge in [0, 0.05) is 19.4 Å². The normalized spacial score (nSPS) is 13.8. The van der Waals surface area contributed by atoms with Crippen LogP contribution in [-0.4, -0.2) is 54.3 Å². The van der Waals surface area contributed by atoms with E-state index in [2.05, 4.69) is 24.4 Å². The summed E-state index contributed by atoms with van der Waals surface area (Å²) in [4.78, 5) is 33.1. The second-order valence-corrected chi connectivity index (χ2v) is 12.2.